The van der Waals surface area contributed by atoms with Crippen molar-refractivity contribution in [1.82, 2.24) is 14.7 Å². The van der Waals surface area contributed by atoms with Gasteiger partial charge in [-0.15, -0.1) is 0 Å². The summed E-state index contributed by atoms with van der Waals surface area (Å²) in [4.78, 5) is 14.9. The van der Waals surface area contributed by atoms with Crippen LogP contribution in [0.15, 0.2) is 36.7 Å². The number of aryl methyl sites for hydroxylation is 1. The number of hydrogen-bond acceptors (Lipinski definition) is 2. The van der Waals surface area contributed by atoms with Crippen LogP contribution >= 0.6 is 0 Å². The molecule has 5 heteroatoms. The van der Waals surface area contributed by atoms with Gasteiger partial charge in [0.05, 0.1) is 18.8 Å². The van der Waals surface area contributed by atoms with Crippen LogP contribution in [0.4, 0.5) is 4.39 Å². The Kier molecular flexibility index (Phi) is 3.87. The van der Waals surface area contributed by atoms with Crippen LogP contribution in [0.5, 0.6) is 0 Å². The van der Waals surface area contributed by atoms with Gasteiger partial charge in [-0.1, -0.05) is 18.2 Å². The summed E-state index contributed by atoms with van der Waals surface area (Å²) in [5.41, 5.74) is 1.82. The van der Waals surface area contributed by atoms with Gasteiger partial charge < -0.3 is 4.90 Å². The van der Waals surface area contributed by atoms with E-state index in [2.05, 4.69) is 5.10 Å². The molecule has 1 aromatic heterocycles. The minimum atomic E-state index is -0.192. The van der Waals surface area contributed by atoms with Crippen molar-refractivity contribution >= 4 is 5.91 Å². The third-order valence-electron chi connectivity index (χ3n) is 5.23. The minimum absolute atomic E-state index is 0.0481. The van der Waals surface area contributed by atoms with Gasteiger partial charge in [-0.3, -0.25) is 9.48 Å². The van der Waals surface area contributed by atoms with Gasteiger partial charge in [0.1, 0.15) is 5.82 Å². The molecule has 3 atom stereocenters. The fourth-order valence-electron chi connectivity index (χ4n) is 3.90. The van der Waals surface area contributed by atoms with Gasteiger partial charge in [-0.2, -0.15) is 5.10 Å². The maximum Gasteiger partial charge on any atom is 0.226 e. The Morgan fingerprint density at radius 1 is 1.38 bits per heavy atom. The highest BCUT2D eigenvalue weighted by Crippen LogP contribution is 2.49. The molecule has 0 spiro atoms. The second-order valence-electron chi connectivity index (χ2n) is 7.04. The number of halogens is 1. The van der Waals surface area contributed by atoms with Gasteiger partial charge in [0.15, 0.2) is 0 Å². The lowest BCUT2D eigenvalue weighted by Gasteiger charge is -2.25. The van der Waals surface area contributed by atoms with Crippen molar-refractivity contribution in [2.45, 2.75) is 44.7 Å². The second-order valence-corrected chi connectivity index (χ2v) is 7.04. The van der Waals surface area contributed by atoms with E-state index >= 15 is 0 Å². The van der Waals surface area contributed by atoms with Crippen LogP contribution in [-0.4, -0.2) is 33.2 Å². The molecule has 1 amide bonds. The van der Waals surface area contributed by atoms with Gasteiger partial charge in [-0.25, -0.2) is 4.39 Å². The summed E-state index contributed by atoms with van der Waals surface area (Å²) in [6.07, 6.45) is 6.68. The van der Waals surface area contributed by atoms with Crippen LogP contribution in [0.1, 0.15) is 36.3 Å². The topological polar surface area (TPSA) is 38.1 Å². The Morgan fingerprint density at radius 2 is 2.21 bits per heavy atom. The van der Waals surface area contributed by atoms with Gasteiger partial charge in [-0.05, 0) is 49.3 Å². The number of rotatable bonds is 4. The molecule has 2 aromatic rings. The van der Waals surface area contributed by atoms with E-state index in [9.17, 15) is 9.18 Å². The lowest BCUT2D eigenvalue weighted by atomic mass is 10.1. The number of aromatic nitrogens is 2. The Balaban J connectivity index is 1.43. The minimum Gasteiger partial charge on any atom is -0.338 e. The number of nitrogens with zero attached hydrogens (tertiary/aromatic N) is 3. The second kappa shape index (κ2) is 6.04. The van der Waals surface area contributed by atoms with Crippen molar-refractivity contribution in [2.24, 2.45) is 5.92 Å². The van der Waals surface area contributed by atoms with Crippen LogP contribution in [0.2, 0.25) is 0 Å². The fraction of sp³-hybridized carbons (Fsp3) is 0.474. The van der Waals surface area contributed by atoms with Crippen molar-refractivity contribution in [3.8, 4) is 0 Å². The first-order chi connectivity index (χ1) is 11.6. The molecular weight excluding hydrogens is 305 g/mol. The smallest absolute Gasteiger partial charge is 0.226 e. The van der Waals surface area contributed by atoms with Crippen LogP contribution in [0, 0.1) is 18.7 Å². The van der Waals surface area contributed by atoms with Crippen molar-refractivity contribution < 1.29 is 9.18 Å². The number of carbonyl (C=O) groups is 1. The highest BCUT2D eigenvalue weighted by Gasteiger charge is 2.48. The maximum absolute atomic E-state index is 13.9. The van der Waals surface area contributed by atoms with Gasteiger partial charge >= 0.3 is 0 Å². The summed E-state index contributed by atoms with van der Waals surface area (Å²) in [6.45, 7) is 3.57. The van der Waals surface area contributed by atoms with E-state index in [-0.39, 0.29) is 29.6 Å². The van der Waals surface area contributed by atoms with E-state index in [1.807, 2.05) is 35.0 Å². The molecule has 0 radical (unpaired) electrons. The van der Waals surface area contributed by atoms with Gasteiger partial charge in [0.2, 0.25) is 5.91 Å². The third-order valence-corrected chi connectivity index (χ3v) is 5.23. The lowest BCUT2D eigenvalue weighted by Crippen LogP contribution is -2.39. The quantitative estimate of drug-likeness (QED) is 0.865. The number of hydrogen-bond donors (Lipinski definition) is 0. The van der Waals surface area contributed by atoms with E-state index in [0.717, 1.165) is 37.9 Å². The molecule has 126 valence electrons. The molecule has 0 unspecified atom stereocenters. The van der Waals surface area contributed by atoms with Crippen molar-refractivity contribution in [3.05, 3.63) is 53.6 Å². The number of amides is 1. The average molecular weight is 327 g/mol. The summed E-state index contributed by atoms with van der Waals surface area (Å²) < 4.78 is 15.8. The SMILES string of the molecule is Cc1cnn(C[C@@H]2CCCN2C(=O)[C@@H]2C[C@@H]2c2ccccc2F)c1. The Bertz CT molecular complexity index is 757. The average Bonchev–Trinajstić information content (AvgIpc) is 3.04. The first-order valence-electron chi connectivity index (χ1n) is 8.67. The van der Waals surface area contributed by atoms with Gasteiger partial charge in [0.25, 0.3) is 0 Å². The standard InChI is InChI=1S/C19H22FN3O/c1-13-10-21-22(11-13)12-14-5-4-8-23(14)19(24)17-9-16(17)15-6-2-3-7-18(15)20/h2-3,6-7,10-11,14,16-17H,4-5,8-9,12H2,1H3/t14-,16+,17+/m0/s1. The Labute approximate surface area is 141 Å². The van der Waals surface area contributed by atoms with Crippen LogP contribution in [-0.2, 0) is 11.3 Å². The normalized spacial score (nSPS) is 25.9. The Hall–Kier alpha value is -2.17. The zero-order valence-electron chi connectivity index (χ0n) is 13.9. The van der Waals surface area contributed by atoms with Crippen LogP contribution in [0.25, 0.3) is 0 Å². The van der Waals surface area contributed by atoms with E-state index in [4.69, 9.17) is 0 Å². The summed E-state index contributed by atoms with van der Waals surface area (Å²) in [5, 5.41) is 4.34. The predicted octanol–water partition coefficient (Wildman–Crippen LogP) is 3.13. The molecule has 1 aliphatic heterocycles. The predicted molar refractivity (Wildman–Crippen MR) is 88.9 cm³/mol. The fourth-order valence-corrected chi connectivity index (χ4v) is 3.90. The van der Waals surface area contributed by atoms with Gasteiger partial charge in [0, 0.05) is 18.7 Å². The van der Waals surface area contributed by atoms with Crippen LogP contribution in [0.3, 0.4) is 0 Å². The largest absolute Gasteiger partial charge is 0.338 e. The van der Waals surface area contributed by atoms with Crippen molar-refractivity contribution in [3.63, 3.8) is 0 Å². The lowest BCUT2D eigenvalue weighted by molar-refractivity contribution is -0.133. The zero-order valence-corrected chi connectivity index (χ0v) is 13.9. The number of benzene rings is 1. The first kappa shape index (κ1) is 15.4. The summed E-state index contributed by atoms with van der Waals surface area (Å²) in [5.74, 6) is -0.00817. The summed E-state index contributed by atoms with van der Waals surface area (Å²) in [6, 6.07) is 7.03. The molecule has 4 rings (SSSR count). The molecule has 1 aliphatic carbocycles. The molecule has 0 bridgehead atoms. The molecule has 1 aromatic carbocycles. The Morgan fingerprint density at radius 3 is 2.96 bits per heavy atom. The molecule has 2 aliphatic rings. The molecular formula is C19H22FN3O. The molecule has 2 heterocycles. The maximum atomic E-state index is 13.9. The van der Waals surface area contributed by atoms with E-state index in [1.165, 1.54) is 6.07 Å². The molecule has 4 nitrogen and oxygen atoms in total. The highest BCUT2D eigenvalue weighted by molar-refractivity contribution is 5.83. The first-order valence-corrected chi connectivity index (χ1v) is 8.67. The summed E-state index contributed by atoms with van der Waals surface area (Å²) in [7, 11) is 0. The zero-order chi connectivity index (χ0) is 16.7. The molecule has 24 heavy (non-hydrogen) atoms. The molecule has 1 saturated carbocycles. The monoisotopic (exact) mass is 327 g/mol. The molecule has 0 N–H and O–H groups in total. The molecule has 1 saturated heterocycles. The number of carbonyl (C=O) groups excluding carboxylic acids is 1. The van der Waals surface area contributed by atoms with Crippen molar-refractivity contribution in [1.29, 1.82) is 0 Å². The third kappa shape index (κ3) is 2.83. The van der Waals surface area contributed by atoms with Crippen LogP contribution < -0.4 is 0 Å². The highest BCUT2D eigenvalue weighted by atomic mass is 19.1. The van der Waals surface area contributed by atoms with E-state index in [1.54, 1.807) is 12.1 Å². The molecule has 2 fully saturated rings. The summed E-state index contributed by atoms with van der Waals surface area (Å²) >= 11 is 0. The van der Waals surface area contributed by atoms with E-state index < -0.39 is 0 Å². The van der Waals surface area contributed by atoms with E-state index in [0.29, 0.717) is 5.56 Å². The number of likely N-dealkylation sites (tertiary alicyclic amines) is 1. The van der Waals surface area contributed by atoms with Crippen molar-refractivity contribution in [2.75, 3.05) is 6.54 Å².